The molecule has 22 heavy (non-hydrogen) atoms. The molecule has 0 saturated carbocycles. The highest BCUT2D eigenvalue weighted by atomic mass is 35.5. The van der Waals surface area contributed by atoms with Gasteiger partial charge in [0.2, 0.25) is 0 Å². The van der Waals surface area contributed by atoms with Crippen LogP contribution in [-0.4, -0.2) is 33.1 Å². The largest absolute Gasteiger partial charge is 0.523 e. The van der Waals surface area contributed by atoms with E-state index < -0.39 is 34.1 Å². The lowest BCUT2D eigenvalue weighted by Gasteiger charge is -2.17. The van der Waals surface area contributed by atoms with E-state index in [1.54, 1.807) is 0 Å². The van der Waals surface area contributed by atoms with Crippen molar-refractivity contribution in [2.45, 2.75) is 18.0 Å². The molecular weight excluding hydrogens is 372 g/mol. The lowest BCUT2D eigenvalue weighted by atomic mass is 10.1. The number of rotatable bonds is 5. The van der Waals surface area contributed by atoms with Crippen molar-refractivity contribution in [2.24, 2.45) is 0 Å². The van der Waals surface area contributed by atoms with E-state index >= 15 is 0 Å². The molecule has 0 saturated heterocycles. The number of carbonyl (C=O) groups is 1. The lowest BCUT2D eigenvalue weighted by molar-refractivity contribution is -0.149. The molecule has 0 aliphatic carbocycles. The van der Waals surface area contributed by atoms with Gasteiger partial charge in [-0.25, -0.2) is 8.98 Å². The van der Waals surface area contributed by atoms with Gasteiger partial charge in [-0.2, -0.15) is 21.6 Å². The van der Waals surface area contributed by atoms with E-state index in [9.17, 15) is 26.4 Å². The Hall–Kier alpha value is -1.03. The molecule has 0 amide bonds. The second-order valence-corrected chi connectivity index (χ2v) is 6.35. The maximum Gasteiger partial charge on any atom is 0.523 e. The van der Waals surface area contributed by atoms with Crippen molar-refractivity contribution in [1.29, 1.82) is 0 Å². The summed E-state index contributed by atoms with van der Waals surface area (Å²) in [6, 6.07) is 3.98. The SMILES string of the molecule is COC(=O)C(Cc1ccc(Cl)cc1Cl)OS(=O)(=O)C(F)(F)F. The van der Waals surface area contributed by atoms with Gasteiger partial charge >= 0.3 is 21.6 Å². The van der Waals surface area contributed by atoms with E-state index in [0.717, 1.165) is 7.11 Å². The first kappa shape index (κ1) is 19.0. The zero-order chi connectivity index (χ0) is 17.1. The fourth-order valence-electron chi connectivity index (χ4n) is 1.38. The molecule has 5 nitrogen and oxygen atoms in total. The van der Waals surface area contributed by atoms with Gasteiger partial charge in [-0.15, -0.1) is 0 Å². The molecule has 1 aromatic carbocycles. The number of methoxy groups -OCH3 is 1. The lowest BCUT2D eigenvalue weighted by Crippen LogP contribution is -2.36. The van der Waals surface area contributed by atoms with E-state index in [0.29, 0.717) is 0 Å². The van der Waals surface area contributed by atoms with Crippen LogP contribution in [0.15, 0.2) is 18.2 Å². The molecule has 0 bridgehead atoms. The first-order valence-corrected chi connectivity index (χ1v) is 7.65. The van der Waals surface area contributed by atoms with Gasteiger partial charge in [-0.05, 0) is 17.7 Å². The summed E-state index contributed by atoms with van der Waals surface area (Å²) in [4.78, 5) is 11.5. The summed E-state index contributed by atoms with van der Waals surface area (Å²) < 4.78 is 67.1. The molecule has 0 spiro atoms. The number of halogens is 5. The van der Waals surface area contributed by atoms with Gasteiger partial charge in [-0.3, -0.25) is 0 Å². The van der Waals surface area contributed by atoms with Crippen LogP contribution in [0.2, 0.25) is 10.0 Å². The van der Waals surface area contributed by atoms with Crippen LogP contribution in [-0.2, 0) is 30.3 Å². The third-order valence-electron chi connectivity index (χ3n) is 2.41. The molecule has 0 aliphatic heterocycles. The Labute approximate surface area is 134 Å². The van der Waals surface area contributed by atoms with Crippen LogP contribution < -0.4 is 0 Å². The molecular formula is C11H9Cl2F3O5S. The van der Waals surface area contributed by atoms with Crippen molar-refractivity contribution >= 4 is 39.3 Å². The van der Waals surface area contributed by atoms with Crippen molar-refractivity contribution in [3.05, 3.63) is 33.8 Å². The van der Waals surface area contributed by atoms with Crippen LogP contribution in [0.1, 0.15) is 5.56 Å². The second kappa shape index (κ2) is 7.03. The Morgan fingerprint density at radius 3 is 2.36 bits per heavy atom. The standard InChI is InChI=1S/C11H9Cl2F3O5S/c1-20-10(17)9(21-22(18,19)11(14,15)16)4-6-2-3-7(12)5-8(6)13/h2-3,5,9H,4H2,1H3. The van der Waals surface area contributed by atoms with Gasteiger partial charge in [0.05, 0.1) is 7.11 Å². The minimum Gasteiger partial charge on any atom is -0.467 e. The third kappa shape index (κ3) is 4.73. The Balaban J connectivity index is 3.07. The van der Waals surface area contributed by atoms with Crippen LogP contribution in [0.5, 0.6) is 0 Å². The molecule has 124 valence electrons. The summed E-state index contributed by atoms with van der Waals surface area (Å²) in [6.45, 7) is 0. The van der Waals surface area contributed by atoms with Gasteiger partial charge in [-0.1, -0.05) is 29.3 Å². The van der Waals surface area contributed by atoms with Crippen LogP contribution in [0.3, 0.4) is 0 Å². The average Bonchev–Trinajstić information content (AvgIpc) is 2.38. The van der Waals surface area contributed by atoms with Gasteiger partial charge in [0.25, 0.3) is 0 Å². The quantitative estimate of drug-likeness (QED) is 0.446. The van der Waals surface area contributed by atoms with Crippen molar-refractivity contribution in [2.75, 3.05) is 7.11 Å². The number of esters is 1. The van der Waals surface area contributed by atoms with Crippen molar-refractivity contribution < 1.29 is 35.3 Å². The van der Waals surface area contributed by atoms with Crippen LogP contribution >= 0.6 is 23.2 Å². The molecule has 0 radical (unpaired) electrons. The average molecular weight is 381 g/mol. The Morgan fingerprint density at radius 2 is 1.91 bits per heavy atom. The van der Waals surface area contributed by atoms with Crippen LogP contribution in [0, 0.1) is 0 Å². The van der Waals surface area contributed by atoms with E-state index in [1.165, 1.54) is 18.2 Å². The molecule has 1 atom stereocenters. The van der Waals surface area contributed by atoms with Gasteiger partial charge in [0, 0.05) is 16.5 Å². The molecule has 0 N–H and O–H groups in total. The van der Waals surface area contributed by atoms with Crippen molar-refractivity contribution in [1.82, 2.24) is 0 Å². The monoisotopic (exact) mass is 380 g/mol. The fraction of sp³-hybridized carbons (Fsp3) is 0.364. The van der Waals surface area contributed by atoms with E-state index in [-0.39, 0.29) is 15.6 Å². The molecule has 0 aliphatic rings. The number of hydrogen-bond acceptors (Lipinski definition) is 5. The topological polar surface area (TPSA) is 69.7 Å². The van der Waals surface area contributed by atoms with E-state index in [2.05, 4.69) is 8.92 Å². The fourth-order valence-corrected chi connectivity index (χ4v) is 2.43. The summed E-state index contributed by atoms with van der Waals surface area (Å²) in [5.74, 6) is -1.29. The number of alkyl halides is 3. The maximum absolute atomic E-state index is 12.3. The van der Waals surface area contributed by atoms with E-state index in [4.69, 9.17) is 23.2 Å². The number of ether oxygens (including phenoxy) is 1. The molecule has 11 heteroatoms. The highest BCUT2D eigenvalue weighted by Gasteiger charge is 2.49. The van der Waals surface area contributed by atoms with E-state index in [1.807, 2.05) is 0 Å². The number of benzene rings is 1. The predicted molar refractivity (Wildman–Crippen MR) is 72.0 cm³/mol. The third-order valence-corrected chi connectivity index (χ3v) is 4.05. The summed E-state index contributed by atoms with van der Waals surface area (Å²) in [5.41, 5.74) is -5.50. The highest BCUT2D eigenvalue weighted by molar-refractivity contribution is 7.87. The summed E-state index contributed by atoms with van der Waals surface area (Å²) in [7, 11) is -5.09. The zero-order valence-electron chi connectivity index (χ0n) is 10.9. The smallest absolute Gasteiger partial charge is 0.467 e. The minimum absolute atomic E-state index is 0.0365. The Kier molecular flexibility index (Phi) is 6.08. The molecule has 0 aromatic heterocycles. The van der Waals surface area contributed by atoms with Crippen molar-refractivity contribution in [3.8, 4) is 0 Å². The molecule has 0 heterocycles. The minimum atomic E-state index is -5.96. The van der Waals surface area contributed by atoms with Crippen LogP contribution in [0.4, 0.5) is 13.2 Å². The predicted octanol–water partition coefficient (Wildman–Crippen LogP) is 2.94. The summed E-state index contributed by atoms with van der Waals surface area (Å²) in [5, 5.41) is 0.293. The second-order valence-electron chi connectivity index (χ2n) is 3.95. The maximum atomic E-state index is 12.3. The Morgan fingerprint density at radius 1 is 1.32 bits per heavy atom. The van der Waals surface area contributed by atoms with Gasteiger partial charge in [0.1, 0.15) is 0 Å². The number of hydrogen-bond donors (Lipinski definition) is 0. The Bertz CT molecular complexity index is 660. The van der Waals surface area contributed by atoms with Crippen LogP contribution in [0.25, 0.3) is 0 Å². The normalized spacial score (nSPS) is 13.7. The first-order valence-electron chi connectivity index (χ1n) is 5.49. The number of carbonyl (C=O) groups excluding carboxylic acids is 1. The molecule has 1 aromatic rings. The molecule has 1 rings (SSSR count). The highest BCUT2D eigenvalue weighted by Crippen LogP contribution is 2.28. The summed E-state index contributed by atoms with van der Waals surface area (Å²) in [6.07, 6.45) is -2.58. The molecule has 0 fully saturated rings. The molecule has 1 unspecified atom stereocenters. The first-order chi connectivity index (χ1) is 9.98. The zero-order valence-corrected chi connectivity index (χ0v) is 13.2. The van der Waals surface area contributed by atoms with Gasteiger partial charge < -0.3 is 4.74 Å². The van der Waals surface area contributed by atoms with Gasteiger partial charge in [0.15, 0.2) is 6.10 Å². The summed E-state index contributed by atoms with van der Waals surface area (Å²) >= 11 is 11.5. The van der Waals surface area contributed by atoms with Crippen molar-refractivity contribution in [3.63, 3.8) is 0 Å².